The molecular weight excluding hydrogens is 285 g/mol. The Morgan fingerprint density at radius 2 is 1.75 bits per heavy atom. The third-order valence-corrected chi connectivity index (χ3v) is 3.66. The van der Waals surface area contributed by atoms with E-state index in [1.165, 1.54) is 0 Å². The first-order valence-corrected chi connectivity index (χ1v) is 6.62. The summed E-state index contributed by atoms with van der Waals surface area (Å²) in [7, 11) is 0. The smallest absolute Gasteiger partial charge is 0.161 e. The van der Waals surface area contributed by atoms with E-state index in [4.69, 9.17) is 4.74 Å². The van der Waals surface area contributed by atoms with Crippen LogP contribution in [0.3, 0.4) is 0 Å². The van der Waals surface area contributed by atoms with Gasteiger partial charge >= 0.3 is 0 Å². The fraction of sp³-hybridized carbons (Fsp3) is 0.200. The molecule has 0 spiro atoms. The van der Waals surface area contributed by atoms with Crippen LogP contribution in [-0.4, -0.2) is 0 Å². The van der Waals surface area contributed by atoms with Gasteiger partial charge in [-0.15, -0.1) is 12.6 Å². The number of thiol groups is 1. The Hall–Kier alpha value is -1.62. The number of hydrogen-bond donors (Lipinski definition) is 1. The van der Waals surface area contributed by atoms with Gasteiger partial charge in [-0.2, -0.15) is 0 Å². The molecule has 1 aliphatic heterocycles. The fourth-order valence-corrected chi connectivity index (χ4v) is 2.55. The molecule has 1 heterocycles. The van der Waals surface area contributed by atoms with Crippen molar-refractivity contribution in [3.05, 3.63) is 58.9 Å². The van der Waals surface area contributed by atoms with Gasteiger partial charge in [-0.3, -0.25) is 0 Å². The Kier molecular flexibility index (Phi) is 3.38. The summed E-state index contributed by atoms with van der Waals surface area (Å²) in [6.07, 6.45) is 0.584. The van der Waals surface area contributed by atoms with Crippen LogP contribution in [0, 0.1) is 17.5 Å². The zero-order valence-electron chi connectivity index (χ0n) is 10.4. The van der Waals surface area contributed by atoms with E-state index < -0.39 is 23.6 Å². The number of rotatable bonds is 1. The zero-order valence-corrected chi connectivity index (χ0v) is 11.3. The lowest BCUT2D eigenvalue weighted by molar-refractivity contribution is 0.171. The second-order valence-electron chi connectivity index (χ2n) is 4.73. The average Bonchev–Trinajstić information content (AvgIpc) is 2.42. The minimum absolute atomic E-state index is 0.0408. The van der Waals surface area contributed by atoms with Crippen molar-refractivity contribution in [1.82, 2.24) is 0 Å². The Balaban J connectivity index is 1.96. The van der Waals surface area contributed by atoms with Crippen molar-refractivity contribution < 1.29 is 17.9 Å². The maximum absolute atomic E-state index is 13.8. The number of aryl methyl sites for hydroxylation is 1. The summed E-state index contributed by atoms with van der Waals surface area (Å²) < 4.78 is 45.7. The van der Waals surface area contributed by atoms with E-state index in [-0.39, 0.29) is 5.56 Å². The third-order valence-electron chi connectivity index (χ3n) is 3.38. The fourth-order valence-electron chi connectivity index (χ4n) is 2.36. The van der Waals surface area contributed by atoms with E-state index in [1.807, 2.05) is 12.1 Å². The molecule has 2 aromatic carbocycles. The quantitative estimate of drug-likeness (QED) is 0.604. The highest BCUT2D eigenvalue weighted by Crippen LogP contribution is 2.37. The summed E-state index contributed by atoms with van der Waals surface area (Å²) in [4.78, 5) is 0.732. The van der Waals surface area contributed by atoms with Crippen molar-refractivity contribution in [2.45, 2.75) is 23.8 Å². The molecular formula is C15H11F3OS. The number of hydrogen-bond acceptors (Lipinski definition) is 2. The van der Waals surface area contributed by atoms with Gasteiger partial charge in [-0.1, -0.05) is 6.07 Å². The number of fused-ring (bicyclic) bond motifs is 1. The van der Waals surface area contributed by atoms with Crippen LogP contribution < -0.4 is 4.74 Å². The summed E-state index contributed by atoms with van der Waals surface area (Å²) in [6, 6.07) is 6.91. The summed E-state index contributed by atoms with van der Waals surface area (Å²) in [6.45, 7) is 0. The Morgan fingerprint density at radius 3 is 2.55 bits per heavy atom. The van der Waals surface area contributed by atoms with Crippen LogP contribution in [0.25, 0.3) is 0 Å². The lowest BCUT2D eigenvalue weighted by Gasteiger charge is -2.27. The predicted octanol–water partition coefficient (Wildman–Crippen LogP) is 4.46. The maximum Gasteiger partial charge on any atom is 0.161 e. The Bertz CT molecular complexity index is 672. The van der Waals surface area contributed by atoms with E-state index >= 15 is 0 Å². The molecule has 0 radical (unpaired) electrons. The molecule has 2 aromatic rings. The molecule has 104 valence electrons. The highest BCUT2D eigenvalue weighted by molar-refractivity contribution is 7.80. The standard InChI is InChI=1S/C15H11F3OS/c16-11-7-13(18)12(17)6-10(11)14-4-2-8-1-3-9(20)5-15(8)19-14/h1,3,5-7,14,20H,2,4H2. The molecule has 1 aliphatic rings. The molecule has 1 atom stereocenters. The molecule has 0 saturated heterocycles. The molecule has 0 fully saturated rings. The molecule has 0 bridgehead atoms. The largest absolute Gasteiger partial charge is 0.485 e. The van der Waals surface area contributed by atoms with Crippen molar-refractivity contribution in [1.29, 1.82) is 0 Å². The van der Waals surface area contributed by atoms with Crippen LogP contribution in [0.1, 0.15) is 23.7 Å². The van der Waals surface area contributed by atoms with E-state index in [9.17, 15) is 13.2 Å². The maximum atomic E-state index is 13.8. The lowest BCUT2D eigenvalue weighted by Crippen LogP contribution is -2.17. The molecule has 0 saturated carbocycles. The van der Waals surface area contributed by atoms with Gasteiger partial charge in [0.15, 0.2) is 11.6 Å². The Labute approximate surface area is 119 Å². The molecule has 3 rings (SSSR count). The van der Waals surface area contributed by atoms with Gasteiger partial charge in [0.1, 0.15) is 17.7 Å². The molecule has 0 N–H and O–H groups in total. The number of halogens is 3. The molecule has 0 aromatic heterocycles. The summed E-state index contributed by atoms with van der Waals surface area (Å²) in [5, 5.41) is 0. The Morgan fingerprint density at radius 1 is 1.00 bits per heavy atom. The highest BCUT2D eigenvalue weighted by Gasteiger charge is 2.25. The monoisotopic (exact) mass is 296 g/mol. The van der Waals surface area contributed by atoms with Crippen LogP contribution in [0.15, 0.2) is 35.2 Å². The van der Waals surface area contributed by atoms with E-state index in [1.54, 1.807) is 6.07 Å². The van der Waals surface area contributed by atoms with Gasteiger partial charge in [0, 0.05) is 16.5 Å². The SMILES string of the molecule is Fc1cc(F)c(C2CCc3ccc(S)cc3O2)cc1F. The van der Waals surface area contributed by atoms with E-state index in [0.717, 1.165) is 16.5 Å². The van der Waals surface area contributed by atoms with Crippen LogP contribution >= 0.6 is 12.6 Å². The van der Waals surface area contributed by atoms with Crippen LogP contribution in [-0.2, 0) is 6.42 Å². The van der Waals surface area contributed by atoms with Crippen LogP contribution in [0.5, 0.6) is 5.75 Å². The van der Waals surface area contributed by atoms with Gasteiger partial charge < -0.3 is 4.74 Å². The first-order chi connectivity index (χ1) is 9.54. The van der Waals surface area contributed by atoms with Gasteiger partial charge in [-0.25, -0.2) is 13.2 Å². The minimum atomic E-state index is -1.19. The molecule has 5 heteroatoms. The molecule has 1 nitrogen and oxygen atoms in total. The number of ether oxygens (including phenoxy) is 1. The molecule has 0 aliphatic carbocycles. The van der Waals surface area contributed by atoms with E-state index in [0.29, 0.717) is 24.7 Å². The van der Waals surface area contributed by atoms with Crippen molar-refractivity contribution >= 4 is 12.6 Å². The van der Waals surface area contributed by atoms with Crippen molar-refractivity contribution in [2.75, 3.05) is 0 Å². The first-order valence-electron chi connectivity index (χ1n) is 6.17. The summed E-state index contributed by atoms with van der Waals surface area (Å²) >= 11 is 4.22. The van der Waals surface area contributed by atoms with Crippen LogP contribution in [0.4, 0.5) is 13.2 Å². The van der Waals surface area contributed by atoms with Gasteiger partial charge in [0.2, 0.25) is 0 Å². The highest BCUT2D eigenvalue weighted by atomic mass is 32.1. The topological polar surface area (TPSA) is 9.23 Å². The number of benzene rings is 2. The molecule has 0 amide bonds. The predicted molar refractivity (Wildman–Crippen MR) is 71.7 cm³/mol. The summed E-state index contributed by atoms with van der Waals surface area (Å²) in [5.74, 6) is -2.45. The average molecular weight is 296 g/mol. The third kappa shape index (κ3) is 2.38. The normalized spacial score (nSPS) is 17.5. The summed E-state index contributed by atoms with van der Waals surface area (Å²) in [5.41, 5.74) is 1.04. The second kappa shape index (κ2) is 5.05. The molecule has 1 unspecified atom stereocenters. The minimum Gasteiger partial charge on any atom is -0.485 e. The van der Waals surface area contributed by atoms with E-state index in [2.05, 4.69) is 12.6 Å². The van der Waals surface area contributed by atoms with Crippen molar-refractivity contribution in [3.63, 3.8) is 0 Å². The first kappa shape index (κ1) is 13.4. The second-order valence-corrected chi connectivity index (χ2v) is 5.24. The lowest BCUT2D eigenvalue weighted by atomic mass is 9.97. The van der Waals surface area contributed by atoms with Gasteiger partial charge in [0.25, 0.3) is 0 Å². The van der Waals surface area contributed by atoms with Gasteiger partial charge in [0.05, 0.1) is 0 Å². The van der Waals surface area contributed by atoms with Crippen molar-refractivity contribution in [2.24, 2.45) is 0 Å². The zero-order chi connectivity index (χ0) is 14.3. The van der Waals surface area contributed by atoms with Crippen LogP contribution in [0.2, 0.25) is 0 Å². The molecule has 20 heavy (non-hydrogen) atoms. The van der Waals surface area contributed by atoms with Gasteiger partial charge in [-0.05, 0) is 36.6 Å². The van der Waals surface area contributed by atoms with Crippen molar-refractivity contribution in [3.8, 4) is 5.75 Å².